The first kappa shape index (κ1) is 77.4. The minimum Gasteiger partial charge on any atom is -0.462 e. The summed E-state index contributed by atoms with van der Waals surface area (Å²) in [5.74, 6) is -1.54. The fourth-order valence-corrected chi connectivity index (χ4v) is 8.82. The van der Waals surface area contributed by atoms with Crippen LogP contribution in [0.4, 0.5) is 0 Å². The molecule has 0 aliphatic rings. The summed E-state index contributed by atoms with van der Waals surface area (Å²) in [5, 5.41) is 9.86. The molecule has 0 heterocycles. The predicted octanol–water partition coefficient (Wildman–Crippen LogP) is 19.5. The van der Waals surface area contributed by atoms with Crippen LogP contribution in [-0.2, 0) is 42.2 Å². The summed E-state index contributed by atoms with van der Waals surface area (Å²) in [6.07, 6.45) is 80.8. The molecule has 0 aliphatic carbocycles. The van der Waals surface area contributed by atoms with Gasteiger partial charge in [-0.1, -0.05) is 231 Å². The lowest BCUT2D eigenvalue weighted by Crippen LogP contribution is -2.30. The average molecular weight is 1160 g/mol. The third kappa shape index (κ3) is 60.0. The van der Waals surface area contributed by atoms with Crippen molar-refractivity contribution in [2.75, 3.05) is 26.4 Å². The molecule has 0 spiro atoms. The van der Waals surface area contributed by atoms with Gasteiger partial charge in [0, 0.05) is 19.3 Å². The zero-order valence-electron chi connectivity index (χ0n) is 51.4. The minimum atomic E-state index is -4.78. The van der Waals surface area contributed by atoms with Gasteiger partial charge in [-0.2, -0.15) is 0 Å². The highest BCUT2D eigenvalue weighted by atomic mass is 31.2. The Morgan fingerprint density at radius 3 is 0.927 bits per heavy atom. The van der Waals surface area contributed by atoms with Crippen molar-refractivity contribution in [1.29, 1.82) is 0 Å². The molecule has 0 saturated heterocycles. The second-order valence-electron chi connectivity index (χ2n) is 20.4. The molecule has 0 bridgehead atoms. The van der Waals surface area contributed by atoms with Crippen LogP contribution in [0.15, 0.2) is 146 Å². The van der Waals surface area contributed by atoms with E-state index in [2.05, 4.69) is 167 Å². The summed E-state index contributed by atoms with van der Waals surface area (Å²) in [6.45, 7) is 4.24. The summed E-state index contributed by atoms with van der Waals surface area (Å²) in [5.41, 5.74) is 0. The molecular weight excluding hydrogens is 1050 g/mol. The topological polar surface area (TPSA) is 155 Å². The fourth-order valence-electron chi connectivity index (χ4n) is 8.03. The first-order valence-corrected chi connectivity index (χ1v) is 33.2. The SMILES string of the molecule is CC/C=C\C/C=C\C/C=C\C/C=C\C/C=C\CCCCCC(=O)OCC(COP(=O)(O)OCC(CO)OC(=O)CCCCCCCCC/C=C\C/C=C\C/C=C\CC)OC(=O)CCCCCCCC/C=C\C/C=C\C/C=C\C/C=C\CC. The van der Waals surface area contributed by atoms with Crippen molar-refractivity contribution >= 4 is 25.7 Å². The van der Waals surface area contributed by atoms with Crippen molar-refractivity contribution in [3.8, 4) is 0 Å². The molecule has 0 aromatic carbocycles. The van der Waals surface area contributed by atoms with Crippen LogP contribution in [0.3, 0.4) is 0 Å². The van der Waals surface area contributed by atoms with E-state index in [4.69, 9.17) is 23.3 Å². The largest absolute Gasteiger partial charge is 0.472 e. The van der Waals surface area contributed by atoms with Gasteiger partial charge >= 0.3 is 25.7 Å². The zero-order valence-corrected chi connectivity index (χ0v) is 52.3. The van der Waals surface area contributed by atoms with E-state index < -0.39 is 57.8 Å². The van der Waals surface area contributed by atoms with Crippen LogP contribution >= 0.6 is 7.82 Å². The van der Waals surface area contributed by atoms with Gasteiger partial charge in [-0.15, -0.1) is 0 Å². The molecule has 0 aliphatic heterocycles. The Bertz CT molecular complexity index is 1930. The van der Waals surface area contributed by atoms with Crippen molar-refractivity contribution in [2.24, 2.45) is 0 Å². The van der Waals surface area contributed by atoms with E-state index in [0.29, 0.717) is 19.3 Å². The Balaban J connectivity index is 4.82. The lowest BCUT2D eigenvalue weighted by molar-refractivity contribution is -0.161. The normalized spacial score (nSPS) is 14.3. The fraction of sp³-hybridized carbons (Fsp3) is 0.614. The van der Waals surface area contributed by atoms with Crippen LogP contribution in [-0.4, -0.2) is 66.5 Å². The van der Waals surface area contributed by atoms with Crippen LogP contribution in [0.5, 0.6) is 0 Å². The van der Waals surface area contributed by atoms with Crippen LogP contribution in [0.1, 0.15) is 239 Å². The molecule has 0 rings (SSSR count). The van der Waals surface area contributed by atoms with Gasteiger partial charge in [0.25, 0.3) is 0 Å². The first-order chi connectivity index (χ1) is 40.2. The number of hydrogen-bond acceptors (Lipinski definition) is 10. The number of aliphatic hydroxyl groups is 1. The lowest BCUT2D eigenvalue weighted by Gasteiger charge is -2.21. The molecule has 82 heavy (non-hydrogen) atoms. The summed E-state index contributed by atoms with van der Waals surface area (Å²) >= 11 is 0. The van der Waals surface area contributed by atoms with Crippen molar-refractivity contribution in [1.82, 2.24) is 0 Å². The maximum atomic E-state index is 13.0. The Labute approximate surface area is 499 Å². The van der Waals surface area contributed by atoms with Gasteiger partial charge in [-0.3, -0.25) is 23.4 Å². The monoisotopic (exact) mass is 1160 g/mol. The summed E-state index contributed by atoms with van der Waals surface area (Å²) in [6, 6.07) is 0. The Morgan fingerprint density at radius 2 is 0.598 bits per heavy atom. The Kier molecular flexibility index (Phi) is 58.9. The van der Waals surface area contributed by atoms with Gasteiger partial charge < -0.3 is 24.2 Å². The van der Waals surface area contributed by atoms with E-state index in [-0.39, 0.29) is 25.9 Å². The quantitative estimate of drug-likeness (QED) is 0.0197. The maximum Gasteiger partial charge on any atom is 0.472 e. The van der Waals surface area contributed by atoms with Crippen LogP contribution in [0.2, 0.25) is 0 Å². The first-order valence-electron chi connectivity index (χ1n) is 31.7. The molecule has 0 amide bonds. The van der Waals surface area contributed by atoms with E-state index in [1.165, 1.54) is 6.42 Å². The molecule has 0 aromatic rings. The lowest BCUT2D eigenvalue weighted by atomic mass is 10.1. The number of esters is 3. The van der Waals surface area contributed by atoms with Crippen LogP contribution in [0.25, 0.3) is 0 Å². The number of hydrogen-bond donors (Lipinski definition) is 2. The number of carbonyl (C=O) groups is 3. The van der Waals surface area contributed by atoms with Crippen molar-refractivity contribution in [2.45, 2.75) is 251 Å². The number of carbonyl (C=O) groups excluding carboxylic acids is 3. The highest BCUT2D eigenvalue weighted by Crippen LogP contribution is 2.43. The number of aliphatic hydroxyl groups excluding tert-OH is 1. The van der Waals surface area contributed by atoms with E-state index in [9.17, 15) is 28.9 Å². The number of rotatable bonds is 57. The molecule has 3 unspecified atom stereocenters. The second kappa shape index (κ2) is 62.4. The average Bonchev–Trinajstić information content (AvgIpc) is 3.47. The second-order valence-corrected chi connectivity index (χ2v) is 21.9. The zero-order chi connectivity index (χ0) is 59.8. The van der Waals surface area contributed by atoms with Gasteiger partial charge in [-0.05, 0) is 135 Å². The van der Waals surface area contributed by atoms with Gasteiger partial charge in [-0.25, -0.2) is 4.57 Å². The Morgan fingerprint density at radius 1 is 0.341 bits per heavy atom. The molecule has 0 radical (unpaired) electrons. The van der Waals surface area contributed by atoms with Gasteiger partial charge in [0.1, 0.15) is 12.7 Å². The highest BCUT2D eigenvalue weighted by Gasteiger charge is 2.28. The van der Waals surface area contributed by atoms with Gasteiger partial charge in [0.15, 0.2) is 6.10 Å². The highest BCUT2D eigenvalue weighted by molar-refractivity contribution is 7.47. The third-order valence-electron chi connectivity index (χ3n) is 12.7. The number of ether oxygens (including phenoxy) is 3. The smallest absolute Gasteiger partial charge is 0.462 e. The standard InChI is InChI=1S/C70H113O11P/c1-4-7-10-13-16-19-22-25-28-31-33-36-38-41-44-47-50-53-56-59-68(72)77-63-67(81-70(74)61-58-55-52-49-46-43-40-37-34-32-29-26-23-20-17-14-11-8-5-2)65-79-82(75,76)78-64-66(62-71)80-69(73)60-57-54-51-48-45-42-39-35-30-27-24-21-18-15-12-9-6-3/h7-12,16-21,25-30,33-34,36-37,41,44,66-67,71H,4-6,13-15,22-24,31-32,35,38-40,42-43,45-65H2,1-3H3,(H,75,76)/b10-7-,11-8-,12-9-,19-16-,20-17-,21-18-,28-25-,29-26-,30-27-,36-33-,37-34-,44-41-. The van der Waals surface area contributed by atoms with Crippen LogP contribution < -0.4 is 0 Å². The molecule has 12 heteroatoms. The molecule has 3 atom stereocenters. The minimum absolute atomic E-state index is 0.135. The van der Waals surface area contributed by atoms with E-state index in [1.54, 1.807) is 0 Å². The molecule has 464 valence electrons. The molecule has 0 fully saturated rings. The van der Waals surface area contributed by atoms with Crippen molar-refractivity contribution in [3.05, 3.63) is 146 Å². The maximum absolute atomic E-state index is 13.0. The summed E-state index contributed by atoms with van der Waals surface area (Å²) in [4.78, 5) is 48.8. The van der Waals surface area contributed by atoms with Gasteiger partial charge in [0.2, 0.25) is 0 Å². The number of allylic oxidation sites excluding steroid dienone is 24. The van der Waals surface area contributed by atoms with Gasteiger partial charge in [0.05, 0.1) is 19.8 Å². The summed E-state index contributed by atoms with van der Waals surface area (Å²) in [7, 11) is -4.78. The molecule has 0 saturated carbocycles. The van der Waals surface area contributed by atoms with Crippen LogP contribution in [0, 0.1) is 0 Å². The number of phosphoric ester groups is 1. The van der Waals surface area contributed by atoms with E-state index in [0.717, 1.165) is 173 Å². The third-order valence-corrected chi connectivity index (χ3v) is 13.7. The van der Waals surface area contributed by atoms with E-state index >= 15 is 0 Å². The summed E-state index contributed by atoms with van der Waals surface area (Å²) < 4.78 is 39.6. The molecule has 2 N–H and O–H groups in total. The molecule has 0 aromatic heterocycles. The number of phosphoric acid groups is 1. The predicted molar refractivity (Wildman–Crippen MR) is 343 cm³/mol. The Hall–Kier alpha value is -4.64. The number of unbranched alkanes of at least 4 members (excludes halogenated alkanes) is 16. The molecular formula is C70H113O11P. The van der Waals surface area contributed by atoms with Crippen molar-refractivity contribution < 1.29 is 52.2 Å². The van der Waals surface area contributed by atoms with Crippen molar-refractivity contribution in [3.63, 3.8) is 0 Å². The molecule has 11 nitrogen and oxygen atoms in total. The van der Waals surface area contributed by atoms with E-state index in [1.807, 2.05) is 0 Å².